The van der Waals surface area contributed by atoms with E-state index in [1.807, 2.05) is 60.7 Å². The average Bonchev–Trinajstić information content (AvgIpc) is 2.91. The minimum Gasteiger partial charge on any atom is -0.481 e. The zero-order valence-corrected chi connectivity index (χ0v) is 23.9. The number of aryl methyl sites for hydroxylation is 1. The van der Waals surface area contributed by atoms with Crippen LogP contribution in [0.3, 0.4) is 0 Å². The average molecular weight is 558 g/mol. The fourth-order valence-electron chi connectivity index (χ4n) is 4.41. The van der Waals surface area contributed by atoms with Crippen LogP contribution in [0.15, 0.2) is 78.9 Å². The Bertz CT molecular complexity index is 1530. The fraction of sp³-hybridized carbons (Fsp3) is 0.273. The Balaban J connectivity index is 1.58. The number of carboxylic acid groups (broad SMARTS) is 1. The molecule has 4 rings (SSSR count). The number of aromatic nitrogens is 1. The van der Waals surface area contributed by atoms with Crippen LogP contribution in [0.2, 0.25) is 5.02 Å². The van der Waals surface area contributed by atoms with Crippen molar-refractivity contribution < 1.29 is 15.0 Å². The molecule has 4 aromatic rings. The number of hydrogen-bond acceptors (Lipinski definition) is 4. The molecule has 4 nitrogen and oxygen atoms in total. The first-order chi connectivity index (χ1) is 18.6. The molecule has 0 fully saturated rings. The molecular weight excluding hydrogens is 526 g/mol. The standard InChI is InChI=1S/C33H32ClNO3S/c1-22(32(36)37)21-39-31(18-14-24-8-4-5-10-29(24)33(2,3)38)26-9-6-7-23(19-26)11-16-28-17-13-25-12-15-27(34)20-30(25)35-28/h4-10,12-13,15,17,19-20,22,31,38H,14,18,21H2,1-3H3,(H,36,37). The van der Waals surface area contributed by atoms with Crippen molar-refractivity contribution in [3.8, 4) is 11.8 Å². The molecule has 39 heavy (non-hydrogen) atoms. The van der Waals surface area contributed by atoms with Crippen molar-refractivity contribution in [3.05, 3.63) is 112 Å². The molecule has 0 aliphatic carbocycles. The van der Waals surface area contributed by atoms with Crippen LogP contribution in [-0.4, -0.2) is 26.9 Å². The number of rotatable bonds is 9. The van der Waals surface area contributed by atoms with Crippen molar-refractivity contribution >= 4 is 40.2 Å². The van der Waals surface area contributed by atoms with Crippen molar-refractivity contribution in [2.75, 3.05) is 5.75 Å². The highest BCUT2D eigenvalue weighted by atomic mass is 35.5. The van der Waals surface area contributed by atoms with Gasteiger partial charge in [-0.15, -0.1) is 0 Å². The molecule has 0 saturated carbocycles. The number of carboxylic acids is 1. The van der Waals surface area contributed by atoms with Crippen LogP contribution in [0, 0.1) is 17.8 Å². The summed E-state index contributed by atoms with van der Waals surface area (Å²) in [4.78, 5) is 16.1. The van der Waals surface area contributed by atoms with Crippen LogP contribution in [0.5, 0.6) is 0 Å². The Morgan fingerprint density at radius 3 is 2.56 bits per heavy atom. The minimum atomic E-state index is -0.936. The van der Waals surface area contributed by atoms with Crippen LogP contribution in [0.1, 0.15) is 60.4 Å². The largest absolute Gasteiger partial charge is 0.481 e. The quantitative estimate of drug-likeness (QED) is 0.207. The Labute approximate surface area is 239 Å². The predicted molar refractivity (Wildman–Crippen MR) is 161 cm³/mol. The van der Waals surface area contributed by atoms with Gasteiger partial charge in [0.15, 0.2) is 0 Å². The molecule has 0 saturated heterocycles. The number of aliphatic carboxylic acids is 1. The Morgan fingerprint density at radius 2 is 1.79 bits per heavy atom. The molecule has 0 amide bonds. The van der Waals surface area contributed by atoms with Crippen LogP contribution >= 0.6 is 23.4 Å². The molecule has 0 radical (unpaired) electrons. The van der Waals surface area contributed by atoms with E-state index in [0.29, 0.717) is 16.5 Å². The highest BCUT2D eigenvalue weighted by Crippen LogP contribution is 2.36. The molecule has 1 aromatic heterocycles. The normalized spacial score (nSPS) is 12.9. The van der Waals surface area contributed by atoms with Gasteiger partial charge in [0.25, 0.3) is 0 Å². The molecule has 0 bridgehead atoms. The summed E-state index contributed by atoms with van der Waals surface area (Å²) in [6.07, 6.45) is 1.56. The SMILES string of the molecule is CC(CSC(CCc1ccccc1C(C)(C)O)c1cccc(C#Cc2ccc3ccc(Cl)cc3n2)c1)C(=O)O. The zero-order chi connectivity index (χ0) is 28.0. The number of aliphatic hydroxyl groups is 1. The number of carbonyl (C=O) groups is 1. The Hall–Kier alpha value is -3.30. The topological polar surface area (TPSA) is 70.4 Å². The molecule has 200 valence electrons. The molecule has 0 aliphatic heterocycles. The van der Waals surface area contributed by atoms with Gasteiger partial charge < -0.3 is 10.2 Å². The van der Waals surface area contributed by atoms with Crippen LogP contribution in [0.25, 0.3) is 10.9 Å². The van der Waals surface area contributed by atoms with E-state index in [1.54, 1.807) is 32.5 Å². The number of thioether (sulfide) groups is 1. The monoisotopic (exact) mass is 557 g/mol. The molecule has 3 aromatic carbocycles. The van der Waals surface area contributed by atoms with Crippen LogP contribution < -0.4 is 0 Å². The molecule has 6 heteroatoms. The first-order valence-corrected chi connectivity index (χ1v) is 14.4. The number of halogens is 1. The lowest BCUT2D eigenvalue weighted by atomic mass is 9.90. The van der Waals surface area contributed by atoms with E-state index in [4.69, 9.17) is 11.6 Å². The number of nitrogens with zero attached hydrogens (tertiary/aromatic N) is 1. The van der Waals surface area contributed by atoms with Gasteiger partial charge in [-0.25, -0.2) is 4.98 Å². The van der Waals surface area contributed by atoms with E-state index in [9.17, 15) is 15.0 Å². The fourth-order valence-corrected chi connectivity index (χ4v) is 5.87. The second kappa shape index (κ2) is 12.7. The van der Waals surface area contributed by atoms with Gasteiger partial charge in [0.05, 0.1) is 17.0 Å². The van der Waals surface area contributed by atoms with Gasteiger partial charge in [0.2, 0.25) is 0 Å². The number of benzene rings is 3. The van der Waals surface area contributed by atoms with E-state index in [0.717, 1.165) is 46.0 Å². The third kappa shape index (κ3) is 7.86. The van der Waals surface area contributed by atoms with Crippen molar-refractivity contribution in [1.82, 2.24) is 4.98 Å². The molecule has 2 atom stereocenters. The maximum atomic E-state index is 11.5. The molecule has 0 spiro atoms. The summed E-state index contributed by atoms with van der Waals surface area (Å²) in [6.45, 7) is 5.34. The van der Waals surface area contributed by atoms with E-state index >= 15 is 0 Å². The van der Waals surface area contributed by atoms with Gasteiger partial charge in [-0.1, -0.05) is 73.0 Å². The summed E-state index contributed by atoms with van der Waals surface area (Å²) < 4.78 is 0. The Kier molecular flexibility index (Phi) is 9.35. The summed E-state index contributed by atoms with van der Waals surface area (Å²) in [5, 5.41) is 21.8. The molecule has 2 unspecified atom stereocenters. The second-order valence-corrected chi connectivity index (χ2v) is 11.9. The summed E-state index contributed by atoms with van der Waals surface area (Å²) in [6, 6.07) is 25.6. The van der Waals surface area contributed by atoms with Crippen molar-refractivity contribution in [2.45, 2.75) is 44.5 Å². The van der Waals surface area contributed by atoms with E-state index in [1.165, 1.54) is 0 Å². The van der Waals surface area contributed by atoms with Gasteiger partial charge in [-0.2, -0.15) is 11.8 Å². The smallest absolute Gasteiger partial charge is 0.307 e. The van der Waals surface area contributed by atoms with Gasteiger partial charge in [0, 0.05) is 27.0 Å². The van der Waals surface area contributed by atoms with E-state index in [2.05, 4.69) is 35.0 Å². The molecule has 0 aliphatic rings. The van der Waals surface area contributed by atoms with Gasteiger partial charge in [-0.05, 0) is 79.6 Å². The summed E-state index contributed by atoms with van der Waals surface area (Å²) in [7, 11) is 0. The lowest BCUT2D eigenvalue weighted by Crippen LogP contribution is -2.18. The molecule has 1 heterocycles. The first-order valence-electron chi connectivity index (χ1n) is 12.9. The van der Waals surface area contributed by atoms with E-state index in [-0.39, 0.29) is 5.25 Å². The highest BCUT2D eigenvalue weighted by Gasteiger charge is 2.22. The maximum Gasteiger partial charge on any atom is 0.307 e. The third-order valence-corrected chi connectivity index (χ3v) is 8.41. The second-order valence-electron chi connectivity index (χ2n) is 10.2. The van der Waals surface area contributed by atoms with Gasteiger partial charge in [-0.3, -0.25) is 4.79 Å². The van der Waals surface area contributed by atoms with E-state index < -0.39 is 17.5 Å². The number of pyridine rings is 1. The zero-order valence-electron chi connectivity index (χ0n) is 22.3. The minimum absolute atomic E-state index is 0.0735. The van der Waals surface area contributed by atoms with Crippen molar-refractivity contribution in [2.24, 2.45) is 5.92 Å². The molecular formula is C33H32ClNO3S. The van der Waals surface area contributed by atoms with Crippen LogP contribution in [-0.2, 0) is 16.8 Å². The van der Waals surface area contributed by atoms with Gasteiger partial charge in [0.1, 0.15) is 5.69 Å². The molecule has 2 N–H and O–H groups in total. The lowest BCUT2D eigenvalue weighted by molar-refractivity contribution is -0.140. The lowest BCUT2D eigenvalue weighted by Gasteiger charge is -2.23. The Morgan fingerprint density at radius 1 is 1.03 bits per heavy atom. The maximum absolute atomic E-state index is 11.5. The summed E-state index contributed by atoms with van der Waals surface area (Å²) in [5.74, 6) is 5.67. The highest BCUT2D eigenvalue weighted by molar-refractivity contribution is 7.99. The third-order valence-electron chi connectivity index (χ3n) is 6.57. The van der Waals surface area contributed by atoms with Crippen molar-refractivity contribution in [3.63, 3.8) is 0 Å². The number of fused-ring (bicyclic) bond motifs is 1. The summed E-state index contributed by atoms with van der Waals surface area (Å²) >= 11 is 7.78. The first kappa shape index (κ1) is 28.7. The predicted octanol–water partition coefficient (Wildman–Crippen LogP) is 7.64. The van der Waals surface area contributed by atoms with Crippen molar-refractivity contribution in [1.29, 1.82) is 0 Å². The van der Waals surface area contributed by atoms with Gasteiger partial charge >= 0.3 is 5.97 Å². The summed E-state index contributed by atoms with van der Waals surface area (Å²) in [5.41, 5.74) is 4.52. The van der Waals surface area contributed by atoms with Crippen LogP contribution in [0.4, 0.5) is 0 Å². The number of hydrogen-bond donors (Lipinski definition) is 2.